The SMILES string of the molecule is O=C(NC1CCCCC1)c1c(/N=C/c2ccc(OCc3ccc([N+](=O)[O-])cc3)cc2)sc2c1CCCC2. The van der Waals surface area contributed by atoms with Gasteiger partial charge in [0.15, 0.2) is 0 Å². The number of fused-ring (bicyclic) bond motifs is 1. The number of benzene rings is 2. The van der Waals surface area contributed by atoms with Crippen molar-refractivity contribution in [3.05, 3.63) is 85.8 Å². The van der Waals surface area contributed by atoms with E-state index < -0.39 is 4.92 Å². The number of rotatable bonds is 8. The van der Waals surface area contributed by atoms with Gasteiger partial charge in [-0.05, 0) is 91.6 Å². The van der Waals surface area contributed by atoms with Crippen molar-refractivity contribution in [1.82, 2.24) is 5.32 Å². The number of hydrogen-bond donors (Lipinski definition) is 1. The minimum Gasteiger partial charge on any atom is -0.489 e. The van der Waals surface area contributed by atoms with Crippen molar-refractivity contribution in [3.63, 3.8) is 0 Å². The molecule has 0 bridgehead atoms. The molecule has 37 heavy (non-hydrogen) atoms. The van der Waals surface area contributed by atoms with Crippen LogP contribution in [0, 0.1) is 10.1 Å². The molecule has 1 N–H and O–H groups in total. The van der Waals surface area contributed by atoms with E-state index in [0.717, 1.165) is 53.8 Å². The molecule has 7 nitrogen and oxygen atoms in total. The van der Waals surface area contributed by atoms with Gasteiger partial charge in [-0.25, -0.2) is 4.99 Å². The Hall–Kier alpha value is -3.52. The maximum Gasteiger partial charge on any atom is 0.269 e. The first-order chi connectivity index (χ1) is 18.1. The molecule has 1 fully saturated rings. The molecule has 0 aliphatic heterocycles. The zero-order valence-electron chi connectivity index (χ0n) is 20.8. The van der Waals surface area contributed by atoms with Crippen molar-refractivity contribution in [3.8, 4) is 5.75 Å². The molecule has 192 valence electrons. The van der Waals surface area contributed by atoms with Gasteiger partial charge in [-0.1, -0.05) is 19.3 Å². The van der Waals surface area contributed by atoms with Crippen molar-refractivity contribution in [1.29, 1.82) is 0 Å². The predicted molar refractivity (Wildman–Crippen MR) is 146 cm³/mol. The Morgan fingerprint density at radius 3 is 2.49 bits per heavy atom. The van der Waals surface area contributed by atoms with E-state index in [1.54, 1.807) is 23.5 Å². The number of thiophene rings is 1. The molecule has 0 atom stereocenters. The first-order valence-electron chi connectivity index (χ1n) is 13.0. The molecule has 0 unspecified atom stereocenters. The highest BCUT2D eigenvalue weighted by Gasteiger charge is 2.27. The average Bonchev–Trinajstić information content (AvgIpc) is 3.31. The van der Waals surface area contributed by atoms with Gasteiger partial charge in [0.1, 0.15) is 17.4 Å². The quantitative estimate of drug-likeness (QED) is 0.199. The number of nitro benzene ring substituents is 1. The van der Waals surface area contributed by atoms with E-state index in [9.17, 15) is 14.9 Å². The van der Waals surface area contributed by atoms with Crippen LogP contribution in [0.4, 0.5) is 10.7 Å². The monoisotopic (exact) mass is 517 g/mol. The second kappa shape index (κ2) is 11.7. The van der Waals surface area contributed by atoms with Crippen LogP contribution in [0.25, 0.3) is 0 Å². The van der Waals surface area contributed by atoms with Crippen LogP contribution in [-0.4, -0.2) is 23.1 Å². The Balaban J connectivity index is 1.26. The fraction of sp³-hybridized carbons (Fsp3) is 0.379. The summed E-state index contributed by atoms with van der Waals surface area (Å²) in [6.07, 6.45) is 11.8. The van der Waals surface area contributed by atoms with Gasteiger partial charge < -0.3 is 10.1 Å². The lowest BCUT2D eigenvalue weighted by Gasteiger charge is -2.23. The molecule has 0 spiro atoms. The number of ether oxygens (including phenoxy) is 1. The Bertz CT molecular complexity index is 1280. The number of nitrogens with one attached hydrogen (secondary N) is 1. The maximum atomic E-state index is 13.3. The summed E-state index contributed by atoms with van der Waals surface area (Å²) in [6, 6.07) is 14.2. The van der Waals surface area contributed by atoms with E-state index in [1.165, 1.54) is 48.3 Å². The molecule has 8 heteroatoms. The van der Waals surface area contributed by atoms with Gasteiger partial charge in [-0.2, -0.15) is 0 Å². The second-order valence-electron chi connectivity index (χ2n) is 9.74. The van der Waals surface area contributed by atoms with E-state index in [4.69, 9.17) is 9.73 Å². The van der Waals surface area contributed by atoms with Crippen LogP contribution in [0.1, 0.15) is 76.9 Å². The third-order valence-electron chi connectivity index (χ3n) is 7.08. The number of amides is 1. The summed E-state index contributed by atoms with van der Waals surface area (Å²) in [5.41, 5.74) is 3.83. The van der Waals surface area contributed by atoms with Gasteiger partial charge in [-0.15, -0.1) is 11.3 Å². The number of non-ortho nitro benzene ring substituents is 1. The third kappa shape index (κ3) is 6.25. The first-order valence-corrected chi connectivity index (χ1v) is 13.8. The fourth-order valence-electron chi connectivity index (χ4n) is 5.04. The summed E-state index contributed by atoms with van der Waals surface area (Å²) in [7, 11) is 0. The lowest BCUT2D eigenvalue weighted by Crippen LogP contribution is -2.36. The highest BCUT2D eigenvalue weighted by molar-refractivity contribution is 7.16. The van der Waals surface area contributed by atoms with E-state index in [2.05, 4.69) is 5.32 Å². The van der Waals surface area contributed by atoms with Gasteiger partial charge in [0, 0.05) is 29.3 Å². The number of hydrogen-bond acceptors (Lipinski definition) is 6. The normalized spacial score (nSPS) is 15.9. The molecule has 1 saturated carbocycles. The van der Waals surface area contributed by atoms with Crippen molar-refractivity contribution >= 4 is 34.1 Å². The molecular formula is C29H31N3O4S. The number of carbonyl (C=O) groups is 1. The molecule has 1 aromatic heterocycles. The molecule has 1 heterocycles. The largest absolute Gasteiger partial charge is 0.489 e. The minimum absolute atomic E-state index is 0.0356. The fourth-order valence-corrected chi connectivity index (χ4v) is 6.28. The number of nitrogens with zero attached hydrogens (tertiary/aromatic N) is 2. The van der Waals surface area contributed by atoms with Crippen molar-refractivity contribution in [2.24, 2.45) is 4.99 Å². The second-order valence-corrected chi connectivity index (χ2v) is 10.8. The summed E-state index contributed by atoms with van der Waals surface area (Å²) in [6.45, 7) is 0.325. The zero-order valence-corrected chi connectivity index (χ0v) is 21.6. The summed E-state index contributed by atoms with van der Waals surface area (Å²) in [5.74, 6) is 0.739. The lowest BCUT2D eigenvalue weighted by atomic mass is 9.93. The maximum absolute atomic E-state index is 13.3. The van der Waals surface area contributed by atoms with E-state index in [-0.39, 0.29) is 17.6 Å². The van der Waals surface area contributed by atoms with Crippen molar-refractivity contribution < 1.29 is 14.5 Å². The number of nitro groups is 1. The summed E-state index contributed by atoms with van der Waals surface area (Å²) >= 11 is 1.66. The Morgan fingerprint density at radius 2 is 1.76 bits per heavy atom. The van der Waals surface area contributed by atoms with Gasteiger partial charge in [0.05, 0.1) is 10.5 Å². The highest BCUT2D eigenvalue weighted by Crippen LogP contribution is 2.40. The number of aliphatic imine (C=N–C) groups is 1. The Morgan fingerprint density at radius 1 is 1.03 bits per heavy atom. The Labute approximate surface area is 220 Å². The molecule has 2 aliphatic carbocycles. The number of aryl methyl sites for hydroxylation is 1. The van der Waals surface area contributed by atoms with Gasteiger partial charge in [0.2, 0.25) is 0 Å². The average molecular weight is 518 g/mol. The smallest absolute Gasteiger partial charge is 0.269 e. The molecule has 3 aromatic rings. The van der Waals surface area contributed by atoms with Crippen LogP contribution in [-0.2, 0) is 19.4 Å². The Kier molecular flexibility index (Phi) is 7.94. The first kappa shape index (κ1) is 25.1. The molecule has 5 rings (SSSR count). The molecule has 2 aromatic carbocycles. The highest BCUT2D eigenvalue weighted by atomic mass is 32.1. The van der Waals surface area contributed by atoms with Crippen LogP contribution in [0.2, 0.25) is 0 Å². The van der Waals surface area contributed by atoms with Crippen LogP contribution in [0.5, 0.6) is 5.75 Å². The van der Waals surface area contributed by atoms with Crippen LogP contribution < -0.4 is 10.1 Å². The van der Waals surface area contributed by atoms with Crippen molar-refractivity contribution in [2.75, 3.05) is 0 Å². The molecular weight excluding hydrogens is 486 g/mol. The summed E-state index contributed by atoms with van der Waals surface area (Å²) in [4.78, 5) is 29.8. The predicted octanol–water partition coefficient (Wildman–Crippen LogP) is 6.93. The van der Waals surface area contributed by atoms with E-state index >= 15 is 0 Å². The van der Waals surface area contributed by atoms with Crippen LogP contribution >= 0.6 is 11.3 Å². The van der Waals surface area contributed by atoms with Crippen LogP contribution in [0.3, 0.4) is 0 Å². The topological polar surface area (TPSA) is 93.8 Å². The zero-order chi connectivity index (χ0) is 25.6. The van der Waals surface area contributed by atoms with Gasteiger partial charge >= 0.3 is 0 Å². The third-order valence-corrected chi connectivity index (χ3v) is 8.28. The van der Waals surface area contributed by atoms with Crippen LogP contribution in [0.15, 0.2) is 53.5 Å². The summed E-state index contributed by atoms with van der Waals surface area (Å²) in [5, 5.41) is 14.9. The van der Waals surface area contributed by atoms with Gasteiger partial charge in [0.25, 0.3) is 11.6 Å². The molecule has 1 amide bonds. The molecule has 0 radical (unpaired) electrons. The standard InChI is InChI=1S/C29H31N3O4S/c33-28(31-22-6-2-1-3-7-22)27-25-8-4-5-9-26(25)37-29(27)30-18-20-12-16-24(17-13-20)36-19-21-10-14-23(15-11-21)32(34)35/h10-18,22H,1-9,19H2,(H,31,33)/b30-18+. The van der Waals surface area contributed by atoms with E-state index in [0.29, 0.717) is 12.4 Å². The molecule has 0 saturated heterocycles. The minimum atomic E-state index is -0.414. The lowest BCUT2D eigenvalue weighted by molar-refractivity contribution is -0.384. The number of carbonyl (C=O) groups excluding carboxylic acids is 1. The summed E-state index contributed by atoms with van der Waals surface area (Å²) < 4.78 is 5.82. The van der Waals surface area contributed by atoms with E-state index in [1.807, 2.05) is 30.5 Å². The van der Waals surface area contributed by atoms with Crippen molar-refractivity contribution in [2.45, 2.75) is 70.4 Å². The van der Waals surface area contributed by atoms with Gasteiger partial charge in [-0.3, -0.25) is 14.9 Å². The molecule has 2 aliphatic rings.